The lowest BCUT2D eigenvalue weighted by molar-refractivity contribution is 0.148. The highest BCUT2D eigenvalue weighted by Gasteiger charge is 2.30. The van der Waals surface area contributed by atoms with E-state index in [0.717, 1.165) is 34.6 Å². The van der Waals surface area contributed by atoms with Gasteiger partial charge in [-0.2, -0.15) is 0 Å². The van der Waals surface area contributed by atoms with Crippen LogP contribution in [0.4, 0.5) is 0 Å². The van der Waals surface area contributed by atoms with Crippen LogP contribution in [0.3, 0.4) is 0 Å². The highest BCUT2D eigenvalue weighted by Crippen LogP contribution is 2.33. The Morgan fingerprint density at radius 3 is 2.52 bits per heavy atom. The molecule has 3 nitrogen and oxygen atoms in total. The predicted molar refractivity (Wildman–Crippen MR) is 103 cm³/mol. The van der Waals surface area contributed by atoms with Crippen LogP contribution in [0.1, 0.15) is 55.8 Å². The Hall–Kier alpha value is -1.45. The van der Waals surface area contributed by atoms with E-state index in [1.807, 2.05) is 30.5 Å². The molecule has 1 saturated heterocycles. The Morgan fingerprint density at radius 1 is 1.04 bits per heavy atom. The van der Waals surface area contributed by atoms with Gasteiger partial charge in [-0.1, -0.05) is 36.6 Å². The molecule has 1 saturated carbocycles. The number of likely N-dealkylation sites (tertiary alicyclic amines) is 1. The fourth-order valence-electron chi connectivity index (χ4n) is 4.48. The fourth-order valence-corrected chi connectivity index (χ4v) is 4.61. The van der Waals surface area contributed by atoms with Crippen LogP contribution in [-0.2, 0) is 0 Å². The number of aromatic nitrogens is 2. The third kappa shape index (κ3) is 3.73. The fraction of sp³-hybridized carbons (Fsp3) is 0.524. The molecule has 4 heteroatoms. The Balaban J connectivity index is 1.53. The predicted octanol–water partition coefficient (Wildman–Crippen LogP) is 5.23. The summed E-state index contributed by atoms with van der Waals surface area (Å²) in [5.74, 6) is 0.529. The van der Waals surface area contributed by atoms with Gasteiger partial charge < -0.3 is 0 Å². The number of aryl methyl sites for hydroxylation is 1. The van der Waals surface area contributed by atoms with Gasteiger partial charge in [0.15, 0.2) is 0 Å². The van der Waals surface area contributed by atoms with E-state index < -0.39 is 0 Å². The minimum absolute atomic E-state index is 0.529. The van der Waals surface area contributed by atoms with E-state index in [9.17, 15) is 0 Å². The van der Waals surface area contributed by atoms with Crippen LogP contribution in [0.5, 0.6) is 0 Å². The zero-order valence-corrected chi connectivity index (χ0v) is 15.7. The van der Waals surface area contributed by atoms with Crippen LogP contribution in [0.25, 0.3) is 11.3 Å². The summed E-state index contributed by atoms with van der Waals surface area (Å²) in [5.41, 5.74) is 4.27. The molecule has 4 rings (SSSR count). The molecule has 1 aromatic carbocycles. The third-order valence-corrected chi connectivity index (χ3v) is 6.06. The van der Waals surface area contributed by atoms with Gasteiger partial charge in [0.1, 0.15) is 0 Å². The Kier molecular flexibility index (Phi) is 5.05. The molecule has 0 radical (unpaired) electrons. The maximum Gasteiger partial charge on any atom is 0.0888 e. The van der Waals surface area contributed by atoms with Crippen LogP contribution < -0.4 is 0 Å². The van der Waals surface area contributed by atoms with Gasteiger partial charge in [-0.05, 0) is 51.3 Å². The van der Waals surface area contributed by atoms with E-state index in [1.54, 1.807) is 0 Å². The van der Waals surface area contributed by atoms with Gasteiger partial charge in [-0.25, -0.2) is 4.98 Å². The molecular weight excluding hydrogens is 330 g/mol. The monoisotopic (exact) mass is 355 g/mol. The molecule has 2 fully saturated rings. The molecule has 1 atom stereocenters. The van der Waals surface area contributed by atoms with E-state index in [-0.39, 0.29) is 0 Å². The molecule has 2 aromatic rings. The second-order valence-electron chi connectivity index (χ2n) is 7.51. The van der Waals surface area contributed by atoms with E-state index in [4.69, 9.17) is 21.6 Å². The molecule has 0 N–H and O–H groups in total. The Labute approximate surface area is 155 Å². The summed E-state index contributed by atoms with van der Waals surface area (Å²) in [4.78, 5) is 12.4. The van der Waals surface area contributed by atoms with Crippen LogP contribution in [0.2, 0.25) is 5.02 Å². The largest absolute Gasteiger partial charge is 0.300 e. The third-order valence-electron chi connectivity index (χ3n) is 5.81. The van der Waals surface area contributed by atoms with Gasteiger partial charge in [-0.3, -0.25) is 9.88 Å². The topological polar surface area (TPSA) is 29.0 Å². The number of benzene rings is 1. The van der Waals surface area contributed by atoms with Crippen molar-refractivity contribution in [2.75, 3.05) is 13.1 Å². The molecule has 1 aliphatic carbocycles. The van der Waals surface area contributed by atoms with Crippen molar-refractivity contribution >= 4 is 11.6 Å². The number of nitrogens with zero attached hydrogens (tertiary/aromatic N) is 3. The smallest absolute Gasteiger partial charge is 0.0888 e. The zero-order chi connectivity index (χ0) is 17.2. The lowest BCUT2D eigenvalue weighted by Gasteiger charge is -2.36. The summed E-state index contributed by atoms with van der Waals surface area (Å²) in [5, 5.41) is 0.749. The molecule has 0 bridgehead atoms. The van der Waals surface area contributed by atoms with Crippen molar-refractivity contribution in [3.8, 4) is 11.3 Å². The highest BCUT2D eigenvalue weighted by atomic mass is 35.5. The van der Waals surface area contributed by atoms with Crippen LogP contribution in [0.15, 0.2) is 30.5 Å². The van der Waals surface area contributed by atoms with Crippen LogP contribution >= 0.6 is 11.6 Å². The van der Waals surface area contributed by atoms with E-state index in [0.29, 0.717) is 5.92 Å². The molecule has 1 aliphatic heterocycles. The van der Waals surface area contributed by atoms with E-state index in [2.05, 4.69) is 11.8 Å². The normalized spacial score (nSPS) is 22.4. The summed E-state index contributed by atoms with van der Waals surface area (Å²) >= 11 is 5.98. The first-order valence-electron chi connectivity index (χ1n) is 9.54. The second kappa shape index (κ2) is 7.43. The van der Waals surface area contributed by atoms with Gasteiger partial charge in [-0.15, -0.1) is 0 Å². The van der Waals surface area contributed by atoms with Crippen molar-refractivity contribution < 1.29 is 0 Å². The maximum atomic E-state index is 5.98. The maximum absolute atomic E-state index is 5.98. The number of hydrogen-bond acceptors (Lipinski definition) is 3. The first-order valence-corrected chi connectivity index (χ1v) is 9.92. The van der Waals surface area contributed by atoms with Crippen LogP contribution in [0, 0.1) is 6.92 Å². The lowest BCUT2D eigenvalue weighted by Crippen LogP contribution is -2.41. The molecule has 0 spiro atoms. The molecule has 0 amide bonds. The SMILES string of the molecule is Cc1nc(-c2ccc(Cl)cc2)cnc1C1CCCN(C2CCCC2)C1. The zero-order valence-electron chi connectivity index (χ0n) is 14.9. The Bertz CT molecular complexity index is 722. The number of piperidine rings is 1. The minimum Gasteiger partial charge on any atom is -0.300 e. The summed E-state index contributed by atoms with van der Waals surface area (Å²) < 4.78 is 0. The highest BCUT2D eigenvalue weighted by molar-refractivity contribution is 6.30. The van der Waals surface area contributed by atoms with Crippen molar-refractivity contribution in [3.63, 3.8) is 0 Å². The molecule has 25 heavy (non-hydrogen) atoms. The van der Waals surface area contributed by atoms with Crippen LogP contribution in [-0.4, -0.2) is 34.0 Å². The molecule has 1 unspecified atom stereocenters. The first kappa shape index (κ1) is 17.0. The summed E-state index contributed by atoms with van der Waals surface area (Å²) in [6.45, 7) is 4.52. The van der Waals surface area contributed by atoms with Gasteiger partial charge in [0.05, 0.1) is 23.3 Å². The van der Waals surface area contributed by atoms with Crippen molar-refractivity contribution in [1.29, 1.82) is 0 Å². The van der Waals surface area contributed by atoms with Crippen molar-refractivity contribution in [2.45, 2.75) is 57.4 Å². The second-order valence-corrected chi connectivity index (χ2v) is 7.94. The molecule has 132 valence electrons. The number of rotatable bonds is 3. The minimum atomic E-state index is 0.529. The van der Waals surface area contributed by atoms with Gasteiger partial charge >= 0.3 is 0 Å². The quantitative estimate of drug-likeness (QED) is 0.755. The first-order chi connectivity index (χ1) is 12.2. The molecule has 2 heterocycles. The van der Waals surface area contributed by atoms with Crippen molar-refractivity contribution in [3.05, 3.63) is 46.9 Å². The standard InChI is InChI=1S/C21H26ClN3/c1-15-21(17-5-4-12-25(14-17)19-6-2-3-7-19)23-13-20(24-15)16-8-10-18(22)11-9-16/h8-11,13,17,19H,2-7,12,14H2,1H3. The summed E-state index contributed by atoms with van der Waals surface area (Å²) in [6, 6.07) is 8.64. The van der Waals surface area contributed by atoms with E-state index >= 15 is 0 Å². The van der Waals surface area contributed by atoms with Gasteiger partial charge in [0.25, 0.3) is 0 Å². The summed E-state index contributed by atoms with van der Waals surface area (Å²) in [7, 11) is 0. The molecular formula is C21H26ClN3. The lowest BCUT2D eigenvalue weighted by atomic mass is 9.92. The number of hydrogen-bond donors (Lipinski definition) is 0. The van der Waals surface area contributed by atoms with Gasteiger partial charge in [0, 0.05) is 29.1 Å². The van der Waals surface area contributed by atoms with Crippen molar-refractivity contribution in [1.82, 2.24) is 14.9 Å². The van der Waals surface area contributed by atoms with Crippen molar-refractivity contribution in [2.24, 2.45) is 0 Å². The summed E-state index contributed by atoms with van der Waals surface area (Å²) in [6.07, 6.45) is 10.0. The van der Waals surface area contributed by atoms with Gasteiger partial charge in [0.2, 0.25) is 0 Å². The van der Waals surface area contributed by atoms with E-state index in [1.165, 1.54) is 50.8 Å². The average molecular weight is 356 g/mol. The Morgan fingerprint density at radius 2 is 1.80 bits per heavy atom. The number of halogens is 1. The molecule has 1 aromatic heterocycles. The average Bonchev–Trinajstić information content (AvgIpc) is 3.17. The molecule has 2 aliphatic rings.